The number of halogens is 1. The van der Waals surface area contributed by atoms with Crippen LogP contribution < -0.4 is 9.47 Å². The fourth-order valence-corrected chi connectivity index (χ4v) is 2.48. The third kappa shape index (κ3) is 2.21. The van der Waals surface area contributed by atoms with Crippen LogP contribution in [-0.4, -0.2) is 20.0 Å². The first kappa shape index (κ1) is 13.0. The van der Waals surface area contributed by atoms with Gasteiger partial charge < -0.3 is 9.47 Å². The molecule has 88 valence electrons. The van der Waals surface area contributed by atoms with E-state index in [4.69, 9.17) is 9.47 Å². The van der Waals surface area contributed by atoms with Crippen LogP contribution in [0.5, 0.6) is 11.5 Å². The van der Waals surface area contributed by atoms with Gasteiger partial charge in [-0.3, -0.25) is 4.79 Å². The third-order valence-electron chi connectivity index (χ3n) is 2.43. The normalized spacial score (nSPS) is 10.1. The maximum Gasteiger partial charge on any atom is 0.164 e. The molecule has 16 heavy (non-hydrogen) atoms. The van der Waals surface area contributed by atoms with Crippen LogP contribution in [0.1, 0.15) is 29.8 Å². The summed E-state index contributed by atoms with van der Waals surface area (Å²) in [6.07, 6.45) is 0.716. The Kier molecular flexibility index (Phi) is 4.35. The Labute approximate surface area is 104 Å². The minimum absolute atomic E-state index is 0.0182. The number of rotatable bonds is 4. The average Bonchev–Trinajstić information content (AvgIpc) is 2.26. The van der Waals surface area contributed by atoms with Gasteiger partial charge in [-0.25, -0.2) is 0 Å². The van der Waals surface area contributed by atoms with Gasteiger partial charge in [0.2, 0.25) is 0 Å². The zero-order valence-electron chi connectivity index (χ0n) is 9.89. The predicted octanol–water partition coefficient (Wildman–Crippen LogP) is 3.23. The monoisotopic (exact) mass is 286 g/mol. The van der Waals surface area contributed by atoms with Gasteiger partial charge in [-0.05, 0) is 35.3 Å². The van der Waals surface area contributed by atoms with Crippen molar-refractivity contribution in [3.8, 4) is 11.5 Å². The van der Waals surface area contributed by atoms with Gasteiger partial charge in [0.15, 0.2) is 17.3 Å². The summed E-state index contributed by atoms with van der Waals surface area (Å²) in [7, 11) is 3.16. The molecule has 1 aromatic carbocycles. The number of carbonyl (C=O) groups excluding carboxylic acids is 1. The lowest BCUT2D eigenvalue weighted by atomic mass is 10.0. The lowest BCUT2D eigenvalue weighted by molar-refractivity contribution is 0.101. The molecule has 0 N–H and O–H groups in total. The van der Waals surface area contributed by atoms with E-state index in [1.165, 1.54) is 0 Å². The van der Waals surface area contributed by atoms with Gasteiger partial charge in [-0.1, -0.05) is 6.92 Å². The predicted molar refractivity (Wildman–Crippen MR) is 66.6 cm³/mol. The number of carbonyl (C=O) groups is 1. The van der Waals surface area contributed by atoms with Crippen LogP contribution in [-0.2, 0) is 6.42 Å². The van der Waals surface area contributed by atoms with Crippen molar-refractivity contribution in [3.63, 3.8) is 0 Å². The molecule has 0 atom stereocenters. The Bertz CT molecular complexity index is 413. The Morgan fingerprint density at radius 3 is 2.38 bits per heavy atom. The van der Waals surface area contributed by atoms with E-state index in [0.29, 0.717) is 23.5 Å². The number of benzene rings is 1. The van der Waals surface area contributed by atoms with Gasteiger partial charge >= 0.3 is 0 Å². The molecule has 0 heterocycles. The fourth-order valence-electron chi connectivity index (χ4n) is 1.75. The van der Waals surface area contributed by atoms with Crippen molar-refractivity contribution in [1.29, 1.82) is 0 Å². The summed E-state index contributed by atoms with van der Waals surface area (Å²) in [6.45, 7) is 3.53. The Hall–Kier alpha value is -1.03. The minimum atomic E-state index is 0.0182. The fraction of sp³-hybridized carbons (Fsp3) is 0.417. The van der Waals surface area contributed by atoms with E-state index in [-0.39, 0.29) is 5.78 Å². The number of Topliss-reactive ketones (excluding diaryl/α,β-unsaturated/α-hetero) is 1. The van der Waals surface area contributed by atoms with Crippen molar-refractivity contribution < 1.29 is 14.3 Å². The van der Waals surface area contributed by atoms with E-state index in [0.717, 1.165) is 10.0 Å². The topological polar surface area (TPSA) is 35.5 Å². The Balaban J connectivity index is 3.57. The number of hydrogen-bond donors (Lipinski definition) is 0. The average molecular weight is 287 g/mol. The molecule has 0 spiro atoms. The molecule has 1 rings (SSSR count). The first-order valence-corrected chi connectivity index (χ1v) is 5.80. The van der Waals surface area contributed by atoms with Crippen molar-refractivity contribution in [2.75, 3.05) is 14.2 Å². The summed E-state index contributed by atoms with van der Waals surface area (Å²) in [5.74, 6) is 1.29. The van der Waals surface area contributed by atoms with Crippen molar-refractivity contribution in [2.24, 2.45) is 0 Å². The maximum absolute atomic E-state index is 11.6. The lowest BCUT2D eigenvalue weighted by Crippen LogP contribution is -2.05. The molecule has 3 nitrogen and oxygen atoms in total. The van der Waals surface area contributed by atoms with Crippen LogP contribution >= 0.6 is 15.9 Å². The van der Waals surface area contributed by atoms with Gasteiger partial charge in [0.1, 0.15) is 0 Å². The second-order valence-corrected chi connectivity index (χ2v) is 4.21. The van der Waals surface area contributed by atoms with E-state index in [1.807, 2.05) is 6.92 Å². The highest BCUT2D eigenvalue weighted by molar-refractivity contribution is 9.10. The van der Waals surface area contributed by atoms with Crippen LogP contribution in [0.2, 0.25) is 0 Å². The molecule has 0 saturated carbocycles. The molecule has 0 aliphatic heterocycles. The zero-order valence-corrected chi connectivity index (χ0v) is 11.5. The first-order chi connectivity index (χ1) is 7.56. The van der Waals surface area contributed by atoms with E-state index in [9.17, 15) is 4.79 Å². The maximum atomic E-state index is 11.6. The SMILES string of the molecule is CCc1c(OC)c(OC)cc(Br)c1C(C)=O. The largest absolute Gasteiger partial charge is 0.493 e. The molecule has 0 aromatic heterocycles. The van der Waals surface area contributed by atoms with Gasteiger partial charge in [-0.2, -0.15) is 0 Å². The van der Waals surface area contributed by atoms with E-state index >= 15 is 0 Å². The number of methoxy groups -OCH3 is 2. The van der Waals surface area contributed by atoms with Gasteiger partial charge in [0.25, 0.3) is 0 Å². The molecule has 1 aromatic rings. The van der Waals surface area contributed by atoms with Gasteiger partial charge in [0, 0.05) is 15.6 Å². The van der Waals surface area contributed by atoms with Crippen LogP contribution in [0, 0.1) is 0 Å². The molecule has 0 aliphatic rings. The molecule has 4 heteroatoms. The number of hydrogen-bond acceptors (Lipinski definition) is 3. The first-order valence-electron chi connectivity index (χ1n) is 5.01. The number of ketones is 1. The summed E-state index contributed by atoms with van der Waals surface area (Å²) in [5.41, 5.74) is 1.54. The zero-order chi connectivity index (χ0) is 12.3. The van der Waals surface area contributed by atoms with Gasteiger partial charge in [0.05, 0.1) is 14.2 Å². The molecule has 0 bridgehead atoms. The van der Waals surface area contributed by atoms with Crippen LogP contribution in [0.15, 0.2) is 10.5 Å². The van der Waals surface area contributed by atoms with Crippen molar-refractivity contribution in [2.45, 2.75) is 20.3 Å². The Morgan fingerprint density at radius 2 is 2.00 bits per heavy atom. The van der Waals surface area contributed by atoms with Crippen LogP contribution in [0.4, 0.5) is 0 Å². The summed E-state index contributed by atoms with van der Waals surface area (Å²) >= 11 is 3.39. The second kappa shape index (κ2) is 5.34. The van der Waals surface area contributed by atoms with Gasteiger partial charge in [-0.15, -0.1) is 0 Å². The van der Waals surface area contributed by atoms with E-state index in [1.54, 1.807) is 27.2 Å². The second-order valence-electron chi connectivity index (χ2n) is 3.36. The standard InChI is InChI=1S/C12H15BrO3/c1-5-8-11(7(2)14)9(13)6-10(15-3)12(8)16-4/h6H,5H2,1-4H3. The Morgan fingerprint density at radius 1 is 1.38 bits per heavy atom. The number of ether oxygens (including phenoxy) is 2. The highest BCUT2D eigenvalue weighted by Gasteiger charge is 2.19. The molecule has 0 aliphatic carbocycles. The quantitative estimate of drug-likeness (QED) is 0.797. The highest BCUT2D eigenvalue weighted by Crippen LogP contribution is 2.38. The van der Waals surface area contributed by atoms with E-state index in [2.05, 4.69) is 15.9 Å². The molecule has 0 saturated heterocycles. The van der Waals surface area contributed by atoms with Crippen molar-refractivity contribution >= 4 is 21.7 Å². The smallest absolute Gasteiger partial charge is 0.164 e. The lowest BCUT2D eigenvalue weighted by Gasteiger charge is -2.16. The summed E-state index contributed by atoms with van der Waals surface area (Å²) in [5, 5.41) is 0. The summed E-state index contributed by atoms with van der Waals surface area (Å²) in [6, 6.07) is 1.76. The highest BCUT2D eigenvalue weighted by atomic mass is 79.9. The third-order valence-corrected chi connectivity index (χ3v) is 3.05. The summed E-state index contributed by atoms with van der Waals surface area (Å²) in [4.78, 5) is 11.6. The minimum Gasteiger partial charge on any atom is -0.493 e. The van der Waals surface area contributed by atoms with Crippen LogP contribution in [0.3, 0.4) is 0 Å². The van der Waals surface area contributed by atoms with Crippen molar-refractivity contribution in [1.82, 2.24) is 0 Å². The van der Waals surface area contributed by atoms with Crippen molar-refractivity contribution in [3.05, 3.63) is 21.7 Å². The molecule has 0 radical (unpaired) electrons. The molecular formula is C12H15BrO3. The summed E-state index contributed by atoms with van der Waals surface area (Å²) < 4.78 is 11.3. The van der Waals surface area contributed by atoms with E-state index < -0.39 is 0 Å². The molecule has 0 amide bonds. The molecular weight excluding hydrogens is 272 g/mol. The molecule has 0 unspecified atom stereocenters. The molecule has 0 fully saturated rings. The van der Waals surface area contributed by atoms with Crippen LogP contribution in [0.25, 0.3) is 0 Å².